The molecule has 0 aliphatic rings. The summed E-state index contributed by atoms with van der Waals surface area (Å²) in [7, 11) is 0. The predicted octanol–water partition coefficient (Wildman–Crippen LogP) is 2.48. The zero-order valence-electron chi connectivity index (χ0n) is 13.2. The van der Waals surface area contributed by atoms with E-state index in [9.17, 15) is 9.59 Å². The van der Waals surface area contributed by atoms with E-state index in [0.29, 0.717) is 13.1 Å². The van der Waals surface area contributed by atoms with Crippen molar-refractivity contribution in [2.24, 2.45) is 0 Å². The Morgan fingerprint density at radius 3 is 2.36 bits per heavy atom. The summed E-state index contributed by atoms with van der Waals surface area (Å²) in [6.07, 6.45) is 2.85. The number of carbonyl (C=O) groups is 2. The van der Waals surface area contributed by atoms with Crippen molar-refractivity contribution < 1.29 is 14.3 Å². The molecule has 1 rings (SSSR count). The van der Waals surface area contributed by atoms with Gasteiger partial charge in [0.2, 0.25) is 0 Å². The summed E-state index contributed by atoms with van der Waals surface area (Å²) in [4.78, 5) is 22.8. The maximum atomic E-state index is 11.5. The van der Waals surface area contributed by atoms with Crippen LogP contribution in [0.4, 0.5) is 9.59 Å². The van der Waals surface area contributed by atoms with Crippen LogP contribution in [0.3, 0.4) is 0 Å². The molecule has 0 aliphatic carbocycles. The maximum Gasteiger partial charge on any atom is 0.407 e. The fourth-order valence-electron chi connectivity index (χ4n) is 1.48. The van der Waals surface area contributed by atoms with Crippen LogP contribution in [0.15, 0.2) is 36.5 Å². The third kappa shape index (κ3) is 8.63. The summed E-state index contributed by atoms with van der Waals surface area (Å²) in [5.74, 6) is 0. The number of urea groups is 1. The van der Waals surface area contributed by atoms with Gasteiger partial charge in [-0.05, 0) is 32.4 Å². The van der Waals surface area contributed by atoms with Crippen LogP contribution in [-0.2, 0) is 4.74 Å². The van der Waals surface area contributed by atoms with E-state index in [1.807, 2.05) is 30.3 Å². The summed E-state index contributed by atoms with van der Waals surface area (Å²) in [6.45, 7) is 5.97. The number of benzene rings is 1. The highest BCUT2D eigenvalue weighted by Crippen LogP contribution is 2.05. The fourth-order valence-corrected chi connectivity index (χ4v) is 1.48. The van der Waals surface area contributed by atoms with Crippen LogP contribution in [0.5, 0.6) is 0 Å². The lowest BCUT2D eigenvalue weighted by atomic mass is 10.2. The van der Waals surface area contributed by atoms with Crippen LogP contribution in [0.2, 0.25) is 0 Å². The van der Waals surface area contributed by atoms with Crippen molar-refractivity contribution in [1.29, 1.82) is 0 Å². The zero-order valence-corrected chi connectivity index (χ0v) is 13.2. The molecule has 0 aliphatic heterocycles. The van der Waals surface area contributed by atoms with E-state index in [2.05, 4.69) is 16.0 Å². The standard InChI is InChI=1S/C16H23N3O3/c1-16(2,3)22-15(21)19-12-11-18-14(20)17-10-9-13-7-5-4-6-8-13/h4-10H,11-12H2,1-3H3,(H,19,21)(H2,17,18,20)/b10-9+. The second-order valence-electron chi connectivity index (χ2n) is 5.57. The third-order valence-electron chi connectivity index (χ3n) is 2.37. The molecule has 120 valence electrons. The van der Waals surface area contributed by atoms with Crippen molar-refractivity contribution in [2.75, 3.05) is 13.1 Å². The van der Waals surface area contributed by atoms with Gasteiger partial charge in [-0.15, -0.1) is 0 Å². The molecule has 0 saturated heterocycles. The van der Waals surface area contributed by atoms with Crippen LogP contribution in [0.1, 0.15) is 26.3 Å². The lowest BCUT2D eigenvalue weighted by Crippen LogP contribution is -2.40. The lowest BCUT2D eigenvalue weighted by molar-refractivity contribution is 0.0528. The molecule has 0 atom stereocenters. The molecular formula is C16H23N3O3. The van der Waals surface area contributed by atoms with Gasteiger partial charge >= 0.3 is 12.1 Å². The summed E-state index contributed by atoms with van der Waals surface area (Å²) < 4.78 is 5.07. The molecule has 0 spiro atoms. The Morgan fingerprint density at radius 1 is 1.09 bits per heavy atom. The molecule has 3 N–H and O–H groups in total. The van der Waals surface area contributed by atoms with Crippen molar-refractivity contribution >= 4 is 18.2 Å². The van der Waals surface area contributed by atoms with Crippen molar-refractivity contribution in [3.05, 3.63) is 42.1 Å². The zero-order chi connectivity index (χ0) is 16.4. The van der Waals surface area contributed by atoms with Gasteiger partial charge in [0.1, 0.15) is 5.60 Å². The molecule has 6 nitrogen and oxygen atoms in total. The largest absolute Gasteiger partial charge is 0.444 e. The summed E-state index contributed by atoms with van der Waals surface area (Å²) in [6, 6.07) is 9.29. The van der Waals surface area contributed by atoms with Crippen LogP contribution in [-0.4, -0.2) is 30.8 Å². The van der Waals surface area contributed by atoms with Crippen molar-refractivity contribution in [2.45, 2.75) is 26.4 Å². The van der Waals surface area contributed by atoms with Gasteiger partial charge < -0.3 is 20.7 Å². The number of rotatable bonds is 5. The van der Waals surface area contributed by atoms with E-state index < -0.39 is 11.7 Å². The molecule has 0 aromatic heterocycles. The highest BCUT2D eigenvalue weighted by molar-refractivity contribution is 5.76. The van der Waals surface area contributed by atoms with Crippen molar-refractivity contribution in [1.82, 2.24) is 16.0 Å². The normalized spacial score (nSPS) is 11.0. The fraction of sp³-hybridized carbons (Fsp3) is 0.375. The van der Waals surface area contributed by atoms with Gasteiger partial charge in [-0.1, -0.05) is 30.3 Å². The first-order chi connectivity index (χ1) is 10.4. The number of amides is 3. The number of hydrogen-bond acceptors (Lipinski definition) is 3. The summed E-state index contributed by atoms with van der Waals surface area (Å²) in [5.41, 5.74) is 0.464. The predicted molar refractivity (Wildman–Crippen MR) is 86.2 cm³/mol. The van der Waals surface area contributed by atoms with Crippen molar-refractivity contribution in [3.8, 4) is 0 Å². The maximum absolute atomic E-state index is 11.5. The molecule has 6 heteroatoms. The number of carbonyl (C=O) groups excluding carboxylic acids is 2. The molecule has 1 aromatic rings. The highest BCUT2D eigenvalue weighted by Gasteiger charge is 2.15. The minimum absolute atomic E-state index is 0.296. The monoisotopic (exact) mass is 305 g/mol. The molecule has 0 heterocycles. The molecule has 0 bridgehead atoms. The molecule has 22 heavy (non-hydrogen) atoms. The first-order valence-electron chi connectivity index (χ1n) is 7.09. The average Bonchev–Trinajstić information content (AvgIpc) is 2.43. The Hall–Kier alpha value is -2.50. The topological polar surface area (TPSA) is 79.5 Å². The Kier molecular flexibility index (Phi) is 6.95. The molecular weight excluding hydrogens is 282 g/mol. The Bertz CT molecular complexity index is 507. The Morgan fingerprint density at radius 2 is 1.73 bits per heavy atom. The summed E-state index contributed by atoms with van der Waals surface area (Å²) in [5, 5.41) is 7.75. The summed E-state index contributed by atoms with van der Waals surface area (Å²) >= 11 is 0. The number of nitrogens with one attached hydrogen (secondary N) is 3. The molecule has 1 aromatic carbocycles. The number of alkyl carbamates (subject to hydrolysis) is 1. The van der Waals surface area contributed by atoms with Gasteiger partial charge in [0.25, 0.3) is 0 Å². The van der Waals surface area contributed by atoms with Crippen LogP contribution in [0.25, 0.3) is 6.08 Å². The van der Waals surface area contributed by atoms with Crippen LogP contribution < -0.4 is 16.0 Å². The van der Waals surface area contributed by atoms with Gasteiger partial charge in [-0.25, -0.2) is 9.59 Å². The second-order valence-corrected chi connectivity index (χ2v) is 5.57. The minimum atomic E-state index is -0.531. The van der Waals surface area contributed by atoms with E-state index >= 15 is 0 Å². The van der Waals surface area contributed by atoms with Crippen LogP contribution in [0, 0.1) is 0 Å². The first kappa shape index (κ1) is 17.6. The van der Waals surface area contributed by atoms with E-state index in [0.717, 1.165) is 5.56 Å². The van der Waals surface area contributed by atoms with E-state index in [-0.39, 0.29) is 6.03 Å². The second kappa shape index (κ2) is 8.71. The molecule has 0 radical (unpaired) electrons. The average molecular weight is 305 g/mol. The highest BCUT2D eigenvalue weighted by atomic mass is 16.6. The Balaban J connectivity index is 2.14. The number of ether oxygens (including phenoxy) is 1. The molecule has 0 fully saturated rings. The molecule has 0 saturated carbocycles. The van der Waals surface area contributed by atoms with Crippen molar-refractivity contribution in [3.63, 3.8) is 0 Å². The molecule has 3 amide bonds. The Labute approximate surface area is 130 Å². The smallest absolute Gasteiger partial charge is 0.407 e. The van der Waals surface area contributed by atoms with Gasteiger partial charge in [-0.3, -0.25) is 0 Å². The SMILES string of the molecule is CC(C)(C)OC(=O)NCCNC(=O)N/C=C/c1ccccc1. The van der Waals surface area contributed by atoms with E-state index in [1.165, 1.54) is 0 Å². The lowest BCUT2D eigenvalue weighted by Gasteiger charge is -2.19. The van der Waals surface area contributed by atoms with E-state index in [1.54, 1.807) is 33.0 Å². The third-order valence-corrected chi connectivity index (χ3v) is 2.37. The minimum Gasteiger partial charge on any atom is -0.444 e. The molecule has 0 unspecified atom stereocenters. The van der Waals surface area contributed by atoms with Crippen LogP contribution >= 0.6 is 0 Å². The quantitative estimate of drug-likeness (QED) is 0.731. The van der Waals surface area contributed by atoms with Gasteiger partial charge in [0.05, 0.1) is 0 Å². The first-order valence-corrected chi connectivity index (χ1v) is 7.09. The number of hydrogen-bond donors (Lipinski definition) is 3. The van der Waals surface area contributed by atoms with Gasteiger partial charge in [-0.2, -0.15) is 0 Å². The van der Waals surface area contributed by atoms with E-state index in [4.69, 9.17) is 4.74 Å². The van der Waals surface area contributed by atoms with Gasteiger partial charge in [0.15, 0.2) is 0 Å². The van der Waals surface area contributed by atoms with Gasteiger partial charge in [0, 0.05) is 19.3 Å².